The van der Waals surface area contributed by atoms with Crippen LogP contribution in [0.25, 0.3) is 0 Å². The summed E-state index contributed by atoms with van der Waals surface area (Å²) in [6.07, 6.45) is 6.25. The van der Waals surface area contributed by atoms with E-state index >= 15 is 0 Å². The molecule has 0 spiro atoms. The number of nitrogens with one attached hydrogen (secondary N) is 1. The van der Waals surface area contributed by atoms with Gasteiger partial charge in [-0.15, -0.1) is 0 Å². The summed E-state index contributed by atoms with van der Waals surface area (Å²) in [6.45, 7) is 4.34. The molecule has 4 rings (SSSR count). The summed E-state index contributed by atoms with van der Waals surface area (Å²) in [5.74, 6) is 0.737. The molecule has 1 fully saturated rings. The third kappa shape index (κ3) is 3.34. The number of fused-ring (bicyclic) bond motifs is 1. The number of urea groups is 1. The molecule has 2 aliphatic rings. The van der Waals surface area contributed by atoms with E-state index in [1.807, 2.05) is 27.9 Å². The molecule has 1 aliphatic heterocycles. The molecule has 6 heteroatoms. The van der Waals surface area contributed by atoms with E-state index in [0.717, 1.165) is 18.2 Å². The highest BCUT2D eigenvalue weighted by atomic mass is 16.2. The van der Waals surface area contributed by atoms with Crippen molar-refractivity contribution in [3.8, 4) is 0 Å². The van der Waals surface area contributed by atoms with Crippen molar-refractivity contribution in [1.29, 1.82) is 0 Å². The third-order valence-electron chi connectivity index (χ3n) is 5.33. The summed E-state index contributed by atoms with van der Waals surface area (Å²) < 4.78 is 1.97. The van der Waals surface area contributed by atoms with Crippen molar-refractivity contribution in [3.05, 3.63) is 42.2 Å². The van der Waals surface area contributed by atoms with Gasteiger partial charge in [0.2, 0.25) is 0 Å². The molecule has 1 saturated carbocycles. The Hall–Kier alpha value is -2.50. The van der Waals surface area contributed by atoms with Gasteiger partial charge < -0.3 is 15.1 Å². The maximum absolute atomic E-state index is 12.7. The van der Waals surface area contributed by atoms with Gasteiger partial charge in [-0.3, -0.25) is 4.68 Å². The highest BCUT2D eigenvalue weighted by Gasteiger charge is 2.29. The molecule has 2 aromatic rings. The van der Waals surface area contributed by atoms with Crippen LogP contribution in [-0.2, 0) is 6.54 Å². The van der Waals surface area contributed by atoms with E-state index in [0.29, 0.717) is 19.1 Å². The van der Waals surface area contributed by atoms with E-state index < -0.39 is 0 Å². The molecule has 0 radical (unpaired) electrons. The van der Waals surface area contributed by atoms with Crippen LogP contribution in [0, 0.1) is 5.92 Å². The zero-order valence-corrected chi connectivity index (χ0v) is 14.9. The van der Waals surface area contributed by atoms with Crippen LogP contribution in [0.5, 0.6) is 0 Å². The third-order valence-corrected chi connectivity index (χ3v) is 5.33. The van der Waals surface area contributed by atoms with Gasteiger partial charge in [0.1, 0.15) is 0 Å². The number of benzene rings is 1. The van der Waals surface area contributed by atoms with Crippen LogP contribution in [0.15, 0.2) is 36.7 Å². The van der Waals surface area contributed by atoms with E-state index in [-0.39, 0.29) is 6.03 Å². The van der Waals surface area contributed by atoms with Crippen LogP contribution in [0.2, 0.25) is 0 Å². The molecule has 1 N–H and O–H groups in total. The number of carbonyl (C=O) groups is 1. The van der Waals surface area contributed by atoms with Crippen LogP contribution in [0.3, 0.4) is 0 Å². The predicted molar refractivity (Wildman–Crippen MR) is 98.8 cm³/mol. The topological polar surface area (TPSA) is 53.4 Å². The first-order valence-electron chi connectivity index (χ1n) is 9.01. The Morgan fingerprint density at radius 2 is 2.08 bits per heavy atom. The van der Waals surface area contributed by atoms with Crippen LogP contribution in [-0.4, -0.2) is 40.8 Å². The maximum Gasteiger partial charge on any atom is 0.322 e. The van der Waals surface area contributed by atoms with E-state index in [9.17, 15) is 4.79 Å². The van der Waals surface area contributed by atoms with Gasteiger partial charge in [-0.2, -0.15) is 5.10 Å². The quantitative estimate of drug-likeness (QED) is 0.933. The number of hydrogen-bond donors (Lipinski definition) is 1. The first kappa shape index (κ1) is 16.0. The second-order valence-corrected chi connectivity index (χ2v) is 7.19. The van der Waals surface area contributed by atoms with Gasteiger partial charge in [0, 0.05) is 38.6 Å². The fraction of sp³-hybridized carbons (Fsp3) is 0.474. The number of aromatic nitrogens is 2. The maximum atomic E-state index is 12.7. The highest BCUT2D eigenvalue weighted by Crippen LogP contribution is 2.39. The summed E-state index contributed by atoms with van der Waals surface area (Å²) in [5, 5.41) is 7.42. The minimum absolute atomic E-state index is 0.0660. The summed E-state index contributed by atoms with van der Waals surface area (Å²) in [7, 11) is 2.07. The number of rotatable bonds is 3. The molecule has 1 aliphatic carbocycles. The fourth-order valence-corrected chi connectivity index (χ4v) is 3.49. The zero-order chi connectivity index (χ0) is 17.4. The number of nitrogens with zero attached hydrogens (tertiary/aromatic N) is 4. The number of amides is 2. The van der Waals surface area contributed by atoms with Crippen molar-refractivity contribution in [2.24, 2.45) is 5.92 Å². The Kier molecular flexibility index (Phi) is 4.11. The fourth-order valence-electron chi connectivity index (χ4n) is 3.49. The molecular weight excluding hydrogens is 314 g/mol. The Morgan fingerprint density at radius 1 is 1.28 bits per heavy atom. The standard InChI is InChI=1S/C19H25N5O/c1-14(15-7-8-15)24-13-17(11-20-24)21-19(25)23-10-9-22(2)18-6-4-3-5-16(18)12-23/h3-6,11,13-15H,7-10,12H2,1-2H3,(H,21,25)/t14-/m1/s1. The summed E-state index contributed by atoms with van der Waals surface area (Å²) >= 11 is 0. The number of likely N-dealkylation sites (N-methyl/N-ethyl adjacent to an activating group) is 1. The van der Waals surface area contributed by atoms with Crippen molar-refractivity contribution < 1.29 is 4.79 Å². The first-order valence-corrected chi connectivity index (χ1v) is 9.01. The van der Waals surface area contributed by atoms with Crippen LogP contribution >= 0.6 is 0 Å². The Bertz CT molecular complexity index is 767. The van der Waals surface area contributed by atoms with Gasteiger partial charge >= 0.3 is 6.03 Å². The lowest BCUT2D eigenvalue weighted by molar-refractivity contribution is 0.212. The summed E-state index contributed by atoms with van der Waals surface area (Å²) in [6, 6.07) is 8.61. The second-order valence-electron chi connectivity index (χ2n) is 7.19. The number of para-hydroxylation sites is 1. The van der Waals surface area contributed by atoms with Crippen molar-refractivity contribution in [2.45, 2.75) is 32.4 Å². The van der Waals surface area contributed by atoms with Crippen LogP contribution in [0.1, 0.15) is 31.4 Å². The Morgan fingerprint density at radius 3 is 2.88 bits per heavy atom. The van der Waals surface area contributed by atoms with Gasteiger partial charge in [0.05, 0.1) is 17.9 Å². The van der Waals surface area contributed by atoms with E-state index in [2.05, 4.69) is 41.4 Å². The monoisotopic (exact) mass is 339 g/mol. The van der Waals surface area contributed by atoms with Gasteiger partial charge in [-0.1, -0.05) is 18.2 Å². The Labute approximate surface area is 148 Å². The molecule has 2 heterocycles. The lowest BCUT2D eigenvalue weighted by Gasteiger charge is -2.21. The smallest absolute Gasteiger partial charge is 0.322 e. The minimum Gasteiger partial charge on any atom is -0.373 e. The van der Waals surface area contributed by atoms with Gasteiger partial charge in [-0.25, -0.2) is 4.79 Å². The van der Waals surface area contributed by atoms with Gasteiger partial charge in [0.25, 0.3) is 0 Å². The van der Waals surface area contributed by atoms with Gasteiger partial charge in [0.15, 0.2) is 0 Å². The number of carbonyl (C=O) groups excluding carboxylic acids is 1. The molecule has 1 aromatic heterocycles. The van der Waals surface area contributed by atoms with Crippen LogP contribution in [0.4, 0.5) is 16.2 Å². The van der Waals surface area contributed by atoms with E-state index in [1.165, 1.54) is 24.1 Å². The van der Waals surface area contributed by atoms with Gasteiger partial charge in [-0.05, 0) is 37.3 Å². The van der Waals surface area contributed by atoms with E-state index in [1.54, 1.807) is 6.20 Å². The van der Waals surface area contributed by atoms with Crippen molar-refractivity contribution in [2.75, 3.05) is 30.4 Å². The number of anilines is 2. The SMILES string of the molecule is C[C@H](C1CC1)n1cc(NC(=O)N2CCN(C)c3ccccc3C2)cn1. The largest absolute Gasteiger partial charge is 0.373 e. The molecule has 1 atom stereocenters. The molecule has 0 unspecified atom stereocenters. The zero-order valence-electron chi connectivity index (χ0n) is 14.9. The lowest BCUT2D eigenvalue weighted by Crippen LogP contribution is -2.37. The van der Waals surface area contributed by atoms with Crippen molar-refractivity contribution in [3.63, 3.8) is 0 Å². The molecule has 2 amide bonds. The minimum atomic E-state index is -0.0660. The average molecular weight is 339 g/mol. The molecular formula is C19H25N5O. The van der Waals surface area contributed by atoms with Crippen LogP contribution < -0.4 is 10.2 Å². The molecule has 0 bridgehead atoms. The molecule has 0 saturated heterocycles. The lowest BCUT2D eigenvalue weighted by atomic mass is 10.1. The van der Waals surface area contributed by atoms with Crippen molar-refractivity contribution >= 4 is 17.4 Å². The number of hydrogen-bond acceptors (Lipinski definition) is 3. The normalized spacial score (nSPS) is 18.5. The van der Waals surface area contributed by atoms with E-state index in [4.69, 9.17) is 0 Å². The Balaban J connectivity index is 1.44. The predicted octanol–water partition coefficient (Wildman–Crippen LogP) is 3.34. The highest BCUT2D eigenvalue weighted by molar-refractivity contribution is 5.89. The molecule has 132 valence electrons. The average Bonchev–Trinajstić information content (AvgIpc) is 3.39. The van der Waals surface area contributed by atoms with Crippen molar-refractivity contribution in [1.82, 2.24) is 14.7 Å². The molecule has 1 aromatic carbocycles. The summed E-state index contributed by atoms with van der Waals surface area (Å²) in [5.41, 5.74) is 3.14. The summed E-state index contributed by atoms with van der Waals surface area (Å²) in [4.78, 5) is 16.8. The first-order chi connectivity index (χ1) is 12.1. The second kappa shape index (κ2) is 6.43. The molecule has 25 heavy (non-hydrogen) atoms. The molecule has 6 nitrogen and oxygen atoms in total.